The third-order valence-corrected chi connectivity index (χ3v) is 2.20. The van der Waals surface area contributed by atoms with Crippen molar-refractivity contribution in [2.45, 2.75) is 32.4 Å². The lowest BCUT2D eigenvalue weighted by Crippen LogP contribution is -2.51. The van der Waals surface area contributed by atoms with Gasteiger partial charge in [-0.3, -0.25) is 4.90 Å². The molecule has 2 nitrogen and oxygen atoms in total. The van der Waals surface area contributed by atoms with E-state index in [-0.39, 0.29) is 18.6 Å². The highest BCUT2D eigenvalue weighted by atomic mass is 19.3. The summed E-state index contributed by atoms with van der Waals surface area (Å²) in [5.41, 5.74) is 0. The number of ether oxygens (including phenoxy) is 1. The summed E-state index contributed by atoms with van der Waals surface area (Å²) >= 11 is 0. The van der Waals surface area contributed by atoms with Crippen LogP contribution >= 0.6 is 0 Å². The molecule has 0 spiro atoms. The summed E-state index contributed by atoms with van der Waals surface area (Å²) in [6.07, 6.45) is -2.24. The molecule has 1 heterocycles. The van der Waals surface area contributed by atoms with Gasteiger partial charge in [-0.15, -0.1) is 0 Å². The second-order valence-corrected chi connectivity index (χ2v) is 3.32. The van der Waals surface area contributed by atoms with E-state index in [1.54, 1.807) is 4.90 Å². The summed E-state index contributed by atoms with van der Waals surface area (Å²) < 4.78 is 29.4. The fourth-order valence-electron chi connectivity index (χ4n) is 1.55. The van der Waals surface area contributed by atoms with E-state index in [0.29, 0.717) is 13.2 Å². The number of rotatable bonds is 2. The molecule has 0 aromatic rings. The molecule has 1 saturated heterocycles. The van der Waals surface area contributed by atoms with Crippen molar-refractivity contribution in [2.24, 2.45) is 0 Å². The molecule has 72 valence electrons. The molecule has 1 aliphatic rings. The van der Waals surface area contributed by atoms with Gasteiger partial charge in [0.05, 0.1) is 19.8 Å². The first-order chi connectivity index (χ1) is 5.61. The van der Waals surface area contributed by atoms with Crippen molar-refractivity contribution in [3.05, 3.63) is 0 Å². The molecule has 4 heteroatoms. The summed E-state index contributed by atoms with van der Waals surface area (Å²) in [7, 11) is 0. The molecule has 0 amide bonds. The summed E-state index contributed by atoms with van der Waals surface area (Å²) in [4.78, 5) is 1.80. The van der Waals surface area contributed by atoms with Gasteiger partial charge in [-0.05, 0) is 13.8 Å². The molecule has 2 atom stereocenters. The molecule has 0 radical (unpaired) electrons. The predicted octanol–water partition coefficient (Wildman–Crippen LogP) is 1.36. The normalized spacial score (nSPS) is 32.8. The topological polar surface area (TPSA) is 12.5 Å². The third kappa shape index (κ3) is 2.38. The number of hydrogen-bond acceptors (Lipinski definition) is 2. The average Bonchev–Trinajstić information content (AvgIpc) is 1.97. The number of halogens is 2. The highest BCUT2D eigenvalue weighted by Gasteiger charge is 2.27. The standard InChI is InChI=1S/C8H15F2NO/c1-6-4-12-5-7(2)11(6)3-8(9)10/h6-8H,3-5H2,1-2H3. The minimum absolute atomic E-state index is 0.114. The van der Waals surface area contributed by atoms with Gasteiger partial charge < -0.3 is 4.74 Å². The van der Waals surface area contributed by atoms with E-state index in [4.69, 9.17) is 4.74 Å². The largest absolute Gasteiger partial charge is 0.378 e. The second kappa shape index (κ2) is 4.14. The monoisotopic (exact) mass is 179 g/mol. The highest BCUT2D eigenvalue weighted by Crippen LogP contribution is 2.14. The van der Waals surface area contributed by atoms with E-state index in [0.717, 1.165) is 0 Å². The van der Waals surface area contributed by atoms with Crippen LogP contribution in [0.1, 0.15) is 13.8 Å². The molecule has 0 aromatic carbocycles. The Balaban J connectivity index is 2.45. The van der Waals surface area contributed by atoms with Crippen LogP contribution in [-0.4, -0.2) is 43.2 Å². The van der Waals surface area contributed by atoms with Gasteiger partial charge in [0.2, 0.25) is 0 Å². The van der Waals surface area contributed by atoms with Crippen LogP contribution in [0.15, 0.2) is 0 Å². The Labute approximate surface area is 71.5 Å². The van der Waals surface area contributed by atoms with Crippen LogP contribution < -0.4 is 0 Å². The Hall–Kier alpha value is -0.220. The van der Waals surface area contributed by atoms with Gasteiger partial charge in [0.15, 0.2) is 0 Å². The van der Waals surface area contributed by atoms with Gasteiger partial charge in [-0.25, -0.2) is 8.78 Å². The number of morpholine rings is 1. The van der Waals surface area contributed by atoms with Crippen LogP contribution in [0.25, 0.3) is 0 Å². The minimum Gasteiger partial charge on any atom is -0.378 e. The molecule has 12 heavy (non-hydrogen) atoms. The van der Waals surface area contributed by atoms with Gasteiger partial charge in [0, 0.05) is 12.1 Å². The van der Waals surface area contributed by atoms with E-state index in [2.05, 4.69) is 0 Å². The lowest BCUT2D eigenvalue weighted by molar-refractivity contribution is -0.0585. The molecule has 1 fully saturated rings. The fraction of sp³-hybridized carbons (Fsp3) is 1.00. The van der Waals surface area contributed by atoms with Crippen LogP contribution in [0.3, 0.4) is 0 Å². The third-order valence-electron chi connectivity index (χ3n) is 2.20. The van der Waals surface area contributed by atoms with Crippen molar-refractivity contribution in [1.82, 2.24) is 4.90 Å². The molecule has 1 aliphatic heterocycles. The number of nitrogens with zero attached hydrogens (tertiary/aromatic N) is 1. The zero-order valence-electron chi connectivity index (χ0n) is 7.46. The quantitative estimate of drug-likeness (QED) is 0.634. The van der Waals surface area contributed by atoms with Crippen molar-refractivity contribution in [3.8, 4) is 0 Å². The first-order valence-electron chi connectivity index (χ1n) is 4.23. The zero-order chi connectivity index (χ0) is 9.14. The first-order valence-corrected chi connectivity index (χ1v) is 4.23. The van der Waals surface area contributed by atoms with Crippen LogP contribution in [0, 0.1) is 0 Å². The van der Waals surface area contributed by atoms with Gasteiger partial charge in [0.25, 0.3) is 6.43 Å². The van der Waals surface area contributed by atoms with Crippen LogP contribution in [0.2, 0.25) is 0 Å². The van der Waals surface area contributed by atoms with Crippen LogP contribution in [-0.2, 0) is 4.74 Å². The van der Waals surface area contributed by atoms with Crippen molar-refractivity contribution in [3.63, 3.8) is 0 Å². The van der Waals surface area contributed by atoms with Gasteiger partial charge >= 0.3 is 0 Å². The van der Waals surface area contributed by atoms with Crippen LogP contribution in [0.5, 0.6) is 0 Å². The van der Waals surface area contributed by atoms with E-state index in [9.17, 15) is 8.78 Å². The smallest absolute Gasteiger partial charge is 0.251 e. The molecule has 0 N–H and O–H groups in total. The van der Waals surface area contributed by atoms with Gasteiger partial charge in [0.1, 0.15) is 0 Å². The molecule has 0 saturated carbocycles. The van der Waals surface area contributed by atoms with E-state index in [1.807, 2.05) is 13.8 Å². The molecular weight excluding hydrogens is 164 g/mol. The predicted molar refractivity (Wildman–Crippen MR) is 42.5 cm³/mol. The number of alkyl halides is 2. The Morgan fingerprint density at radius 3 is 2.25 bits per heavy atom. The molecule has 2 unspecified atom stereocenters. The summed E-state index contributed by atoms with van der Waals surface area (Å²) in [5, 5.41) is 0. The molecule has 1 rings (SSSR count). The van der Waals surface area contributed by atoms with Crippen molar-refractivity contribution < 1.29 is 13.5 Å². The maximum absolute atomic E-state index is 12.1. The van der Waals surface area contributed by atoms with E-state index >= 15 is 0 Å². The van der Waals surface area contributed by atoms with Gasteiger partial charge in [-0.2, -0.15) is 0 Å². The highest BCUT2D eigenvalue weighted by molar-refractivity contribution is 4.77. The lowest BCUT2D eigenvalue weighted by Gasteiger charge is -2.38. The number of hydrogen-bond donors (Lipinski definition) is 0. The van der Waals surface area contributed by atoms with Crippen LogP contribution in [0.4, 0.5) is 8.78 Å². The Kier molecular flexibility index (Phi) is 3.40. The average molecular weight is 179 g/mol. The molecule has 0 aromatic heterocycles. The summed E-state index contributed by atoms with van der Waals surface area (Å²) in [5.74, 6) is 0. The lowest BCUT2D eigenvalue weighted by atomic mass is 10.2. The molecular formula is C8H15F2NO. The van der Waals surface area contributed by atoms with E-state index in [1.165, 1.54) is 0 Å². The molecule has 0 aliphatic carbocycles. The first kappa shape index (κ1) is 9.86. The zero-order valence-corrected chi connectivity index (χ0v) is 7.46. The summed E-state index contributed by atoms with van der Waals surface area (Å²) in [6, 6.07) is 0.227. The molecule has 0 bridgehead atoms. The van der Waals surface area contributed by atoms with Crippen molar-refractivity contribution in [1.29, 1.82) is 0 Å². The maximum atomic E-state index is 12.1. The van der Waals surface area contributed by atoms with Crippen molar-refractivity contribution >= 4 is 0 Å². The Morgan fingerprint density at radius 2 is 1.83 bits per heavy atom. The van der Waals surface area contributed by atoms with Gasteiger partial charge in [-0.1, -0.05) is 0 Å². The second-order valence-electron chi connectivity index (χ2n) is 3.32. The SMILES string of the molecule is CC1COCC(C)N1CC(F)F. The van der Waals surface area contributed by atoms with Crippen molar-refractivity contribution in [2.75, 3.05) is 19.8 Å². The summed E-state index contributed by atoms with van der Waals surface area (Å²) in [6.45, 7) is 4.83. The van der Waals surface area contributed by atoms with E-state index < -0.39 is 6.43 Å². The Bertz CT molecular complexity index is 133. The Morgan fingerprint density at radius 1 is 1.33 bits per heavy atom. The minimum atomic E-state index is -2.24. The fourth-order valence-corrected chi connectivity index (χ4v) is 1.55. The maximum Gasteiger partial charge on any atom is 0.251 e.